The number of hydrogen-bond acceptors (Lipinski definition) is 2. The highest BCUT2D eigenvalue weighted by Crippen LogP contribution is 2.33. The van der Waals surface area contributed by atoms with Gasteiger partial charge in [-0.25, -0.2) is 4.79 Å². The quantitative estimate of drug-likeness (QED) is 0.834. The molecule has 0 saturated carbocycles. The van der Waals surface area contributed by atoms with Crippen LogP contribution >= 0.6 is 23.2 Å². The summed E-state index contributed by atoms with van der Waals surface area (Å²) in [6.45, 7) is 1.96. The molecule has 0 aliphatic carbocycles. The van der Waals surface area contributed by atoms with Crippen LogP contribution in [-0.2, 0) is 0 Å². The van der Waals surface area contributed by atoms with Gasteiger partial charge in [0.15, 0.2) is 0 Å². The second-order valence-corrected chi connectivity index (χ2v) is 5.07. The molecular weight excluding hydrogens is 289 g/mol. The first kappa shape index (κ1) is 16.1. The van der Waals surface area contributed by atoms with Gasteiger partial charge in [-0.2, -0.15) is 0 Å². The number of carboxylic acid groups (broad SMARTS) is 1. The number of aliphatic hydroxyl groups excluding tert-OH is 1. The van der Waals surface area contributed by atoms with Gasteiger partial charge >= 0.3 is 6.09 Å². The van der Waals surface area contributed by atoms with Gasteiger partial charge < -0.3 is 10.2 Å². The normalized spacial score (nSPS) is 12.2. The predicted molar refractivity (Wildman–Crippen MR) is 77.4 cm³/mol. The third kappa shape index (κ3) is 4.56. The van der Waals surface area contributed by atoms with Crippen LogP contribution in [0.2, 0.25) is 10.0 Å². The molecule has 0 aromatic heterocycles. The fourth-order valence-corrected chi connectivity index (χ4v) is 2.36. The predicted octanol–water partition coefficient (Wildman–Crippen LogP) is 4.03. The van der Waals surface area contributed by atoms with Crippen LogP contribution in [0.4, 0.5) is 10.5 Å². The van der Waals surface area contributed by atoms with Crippen LogP contribution in [0.25, 0.3) is 0 Å². The molecule has 4 nitrogen and oxygen atoms in total. The fraction of sp³-hybridized carbons (Fsp3) is 0.462. The highest BCUT2D eigenvalue weighted by Gasteiger charge is 2.22. The summed E-state index contributed by atoms with van der Waals surface area (Å²) in [5, 5.41) is 19.6. The van der Waals surface area contributed by atoms with Crippen molar-refractivity contribution in [1.29, 1.82) is 0 Å². The Morgan fingerprint density at radius 1 is 1.37 bits per heavy atom. The standard InChI is InChI=1S/C13H17Cl2NO3/c1-2-3-5-9(17)8-16(13(18)19)12-10(14)6-4-7-11(12)15/h4,6-7,9,17H,2-3,5,8H2,1H3,(H,18,19)/t9-/m0/s1. The second-order valence-electron chi connectivity index (χ2n) is 4.26. The Kier molecular flexibility index (Phi) is 6.42. The molecule has 0 aliphatic rings. The second kappa shape index (κ2) is 7.58. The molecule has 106 valence electrons. The summed E-state index contributed by atoms with van der Waals surface area (Å²) < 4.78 is 0. The fourth-order valence-electron chi connectivity index (χ4n) is 1.75. The SMILES string of the molecule is CCCC[C@H](O)CN(C(=O)O)c1c(Cl)cccc1Cl. The topological polar surface area (TPSA) is 60.8 Å². The van der Waals surface area contributed by atoms with E-state index in [1.165, 1.54) is 0 Å². The van der Waals surface area contributed by atoms with Crippen LogP contribution in [-0.4, -0.2) is 29.0 Å². The number of nitrogens with zero attached hydrogens (tertiary/aromatic N) is 1. The molecule has 1 aromatic rings. The van der Waals surface area contributed by atoms with E-state index < -0.39 is 12.2 Å². The molecule has 0 fully saturated rings. The van der Waals surface area contributed by atoms with Crippen molar-refractivity contribution in [3.8, 4) is 0 Å². The number of aliphatic hydroxyl groups is 1. The molecule has 0 bridgehead atoms. The van der Waals surface area contributed by atoms with Crippen LogP contribution in [0, 0.1) is 0 Å². The molecule has 1 rings (SSSR count). The number of hydrogen-bond donors (Lipinski definition) is 2. The van der Waals surface area contributed by atoms with Crippen molar-refractivity contribution >= 4 is 35.0 Å². The zero-order valence-electron chi connectivity index (χ0n) is 10.6. The molecule has 19 heavy (non-hydrogen) atoms. The van der Waals surface area contributed by atoms with E-state index in [2.05, 4.69) is 0 Å². The Hall–Kier alpha value is -0.970. The molecule has 1 amide bonds. The van der Waals surface area contributed by atoms with Gasteiger partial charge in [-0.3, -0.25) is 4.90 Å². The largest absolute Gasteiger partial charge is 0.465 e. The Morgan fingerprint density at radius 2 is 1.95 bits per heavy atom. The summed E-state index contributed by atoms with van der Waals surface area (Å²) in [5.74, 6) is 0. The first-order valence-electron chi connectivity index (χ1n) is 6.09. The van der Waals surface area contributed by atoms with Crippen molar-refractivity contribution < 1.29 is 15.0 Å². The molecular formula is C13H17Cl2NO3. The van der Waals surface area contributed by atoms with Gasteiger partial charge in [0.25, 0.3) is 0 Å². The lowest BCUT2D eigenvalue weighted by molar-refractivity contribution is 0.158. The lowest BCUT2D eigenvalue weighted by Gasteiger charge is -2.24. The number of halogens is 2. The van der Waals surface area contributed by atoms with Gasteiger partial charge in [0.2, 0.25) is 0 Å². The third-order valence-corrected chi connectivity index (χ3v) is 3.33. The summed E-state index contributed by atoms with van der Waals surface area (Å²) in [6, 6.07) is 4.77. The summed E-state index contributed by atoms with van der Waals surface area (Å²) in [7, 11) is 0. The van der Waals surface area contributed by atoms with Crippen molar-refractivity contribution in [2.24, 2.45) is 0 Å². The van der Waals surface area contributed by atoms with E-state index in [9.17, 15) is 15.0 Å². The Morgan fingerprint density at radius 3 is 2.42 bits per heavy atom. The Balaban J connectivity index is 2.92. The molecule has 0 unspecified atom stereocenters. The number of amides is 1. The van der Waals surface area contributed by atoms with E-state index in [0.717, 1.165) is 17.7 Å². The van der Waals surface area contributed by atoms with Gasteiger partial charge in [0, 0.05) is 0 Å². The number of carbonyl (C=O) groups is 1. The highest BCUT2D eigenvalue weighted by molar-refractivity contribution is 6.39. The van der Waals surface area contributed by atoms with Crippen LogP contribution in [0.15, 0.2) is 18.2 Å². The van der Waals surface area contributed by atoms with Crippen LogP contribution in [0.1, 0.15) is 26.2 Å². The molecule has 2 N–H and O–H groups in total. The zero-order valence-corrected chi connectivity index (χ0v) is 12.2. The minimum absolute atomic E-state index is 0.0429. The monoisotopic (exact) mass is 305 g/mol. The highest BCUT2D eigenvalue weighted by atomic mass is 35.5. The molecule has 6 heteroatoms. The van der Waals surface area contributed by atoms with E-state index >= 15 is 0 Å². The molecule has 0 aliphatic heterocycles. The lowest BCUT2D eigenvalue weighted by Crippen LogP contribution is -2.37. The van der Waals surface area contributed by atoms with E-state index in [0.29, 0.717) is 6.42 Å². The summed E-state index contributed by atoms with van der Waals surface area (Å²) >= 11 is 12.0. The first-order chi connectivity index (χ1) is 8.97. The number of rotatable bonds is 6. The minimum Gasteiger partial charge on any atom is -0.465 e. The van der Waals surface area contributed by atoms with Crippen molar-refractivity contribution in [2.45, 2.75) is 32.3 Å². The third-order valence-electron chi connectivity index (χ3n) is 2.72. The molecule has 0 radical (unpaired) electrons. The van der Waals surface area contributed by atoms with Gasteiger partial charge in [-0.1, -0.05) is 49.0 Å². The summed E-state index contributed by atoms with van der Waals surface area (Å²) in [4.78, 5) is 12.3. The average Bonchev–Trinajstić information content (AvgIpc) is 2.34. The maximum absolute atomic E-state index is 11.3. The van der Waals surface area contributed by atoms with Crippen LogP contribution < -0.4 is 4.90 Å². The molecule has 0 saturated heterocycles. The number of benzene rings is 1. The average molecular weight is 306 g/mol. The van der Waals surface area contributed by atoms with E-state index in [1.54, 1.807) is 18.2 Å². The van der Waals surface area contributed by atoms with Crippen molar-refractivity contribution in [1.82, 2.24) is 0 Å². The van der Waals surface area contributed by atoms with Crippen molar-refractivity contribution in [3.63, 3.8) is 0 Å². The van der Waals surface area contributed by atoms with E-state index in [-0.39, 0.29) is 22.3 Å². The summed E-state index contributed by atoms with van der Waals surface area (Å²) in [6.07, 6.45) is 0.401. The van der Waals surface area contributed by atoms with Crippen LogP contribution in [0.3, 0.4) is 0 Å². The van der Waals surface area contributed by atoms with E-state index in [1.807, 2.05) is 6.92 Å². The van der Waals surface area contributed by atoms with Gasteiger partial charge in [-0.15, -0.1) is 0 Å². The number of anilines is 1. The number of unbranched alkanes of at least 4 members (excludes halogenated alkanes) is 1. The van der Waals surface area contributed by atoms with Crippen LogP contribution in [0.5, 0.6) is 0 Å². The maximum Gasteiger partial charge on any atom is 0.411 e. The van der Waals surface area contributed by atoms with Crippen molar-refractivity contribution in [2.75, 3.05) is 11.4 Å². The van der Waals surface area contributed by atoms with Crippen molar-refractivity contribution in [3.05, 3.63) is 28.2 Å². The van der Waals surface area contributed by atoms with E-state index in [4.69, 9.17) is 23.2 Å². The number of para-hydroxylation sites is 1. The smallest absolute Gasteiger partial charge is 0.411 e. The molecule has 0 spiro atoms. The minimum atomic E-state index is -1.19. The Bertz CT molecular complexity index is 420. The van der Waals surface area contributed by atoms with Gasteiger partial charge in [0.05, 0.1) is 28.4 Å². The lowest BCUT2D eigenvalue weighted by atomic mass is 10.1. The molecule has 1 aromatic carbocycles. The van der Waals surface area contributed by atoms with Gasteiger partial charge in [0.1, 0.15) is 0 Å². The molecule has 1 atom stereocenters. The van der Waals surface area contributed by atoms with Gasteiger partial charge in [-0.05, 0) is 18.6 Å². The summed E-state index contributed by atoms with van der Waals surface area (Å²) in [5.41, 5.74) is 0.217. The Labute approximate surface area is 122 Å². The first-order valence-corrected chi connectivity index (χ1v) is 6.85. The molecule has 0 heterocycles. The maximum atomic E-state index is 11.3. The zero-order chi connectivity index (χ0) is 14.4.